The molecule has 2 aromatic rings. The lowest BCUT2D eigenvalue weighted by Crippen LogP contribution is -2.17. The summed E-state index contributed by atoms with van der Waals surface area (Å²) in [6.45, 7) is 5.65. The van der Waals surface area contributed by atoms with Crippen molar-refractivity contribution in [2.75, 3.05) is 5.32 Å². The third-order valence-electron chi connectivity index (χ3n) is 4.18. The molecular formula is C23H22F4N2O2. The molecule has 0 aromatic heterocycles. The van der Waals surface area contributed by atoms with Gasteiger partial charge in [0.05, 0.1) is 11.3 Å². The van der Waals surface area contributed by atoms with Gasteiger partial charge in [0.1, 0.15) is 11.6 Å². The maximum absolute atomic E-state index is 13.7. The molecule has 0 aliphatic heterocycles. The summed E-state index contributed by atoms with van der Waals surface area (Å²) >= 11 is 0. The van der Waals surface area contributed by atoms with Crippen LogP contribution in [0.4, 0.5) is 23.2 Å². The Balaban J connectivity index is 2.31. The van der Waals surface area contributed by atoms with E-state index in [1.54, 1.807) is 19.2 Å². The maximum Gasteiger partial charge on any atom is 0.573 e. The summed E-state index contributed by atoms with van der Waals surface area (Å²) in [6.07, 6.45) is -0.139. The number of hydrogen-bond donors (Lipinski definition) is 1. The lowest BCUT2D eigenvalue weighted by atomic mass is 10.1. The number of nitrogens with zero attached hydrogens (tertiary/aromatic N) is 1. The number of alkyl halides is 3. The number of allylic oxidation sites excluding steroid dienone is 3. The molecule has 0 radical (unpaired) electrons. The average molecular weight is 434 g/mol. The second-order valence-corrected chi connectivity index (χ2v) is 6.72. The number of carbonyl (C=O) groups is 1. The molecule has 1 N–H and O–H groups in total. The molecule has 0 aliphatic rings. The number of aliphatic imine (C=N–C) groups is 1. The highest BCUT2D eigenvalue weighted by molar-refractivity contribution is 6.10. The number of anilines is 1. The van der Waals surface area contributed by atoms with E-state index in [0.29, 0.717) is 28.9 Å². The van der Waals surface area contributed by atoms with E-state index in [0.717, 1.165) is 12.0 Å². The molecule has 0 heterocycles. The van der Waals surface area contributed by atoms with Crippen molar-refractivity contribution in [1.29, 1.82) is 0 Å². The molecule has 0 aliphatic carbocycles. The van der Waals surface area contributed by atoms with Gasteiger partial charge in [-0.05, 0) is 68.8 Å². The summed E-state index contributed by atoms with van der Waals surface area (Å²) in [7, 11) is 0. The van der Waals surface area contributed by atoms with Gasteiger partial charge in [0.25, 0.3) is 0 Å². The molecule has 0 bridgehead atoms. The number of halogens is 4. The van der Waals surface area contributed by atoms with Crippen LogP contribution in [-0.4, -0.2) is 18.4 Å². The Morgan fingerprint density at radius 2 is 1.81 bits per heavy atom. The summed E-state index contributed by atoms with van der Waals surface area (Å²) in [5.41, 5.74) is 3.13. The van der Waals surface area contributed by atoms with Crippen molar-refractivity contribution in [3.8, 4) is 5.75 Å². The Hall–Kier alpha value is -3.42. The smallest absolute Gasteiger partial charge is 0.406 e. The third kappa shape index (κ3) is 7.73. The van der Waals surface area contributed by atoms with E-state index < -0.39 is 12.2 Å². The Morgan fingerprint density at radius 3 is 2.39 bits per heavy atom. The van der Waals surface area contributed by atoms with Crippen LogP contribution in [-0.2, 0) is 0 Å². The minimum Gasteiger partial charge on any atom is -0.406 e. The van der Waals surface area contributed by atoms with Gasteiger partial charge in [-0.3, -0.25) is 9.79 Å². The Bertz CT molecular complexity index is 1010. The van der Waals surface area contributed by atoms with Crippen LogP contribution in [0.3, 0.4) is 0 Å². The van der Waals surface area contributed by atoms with Crippen LogP contribution in [0.2, 0.25) is 0 Å². The zero-order chi connectivity index (χ0) is 23.0. The number of hydrogen-bond acceptors (Lipinski definition) is 4. The summed E-state index contributed by atoms with van der Waals surface area (Å²) in [6, 6.07) is 9.40. The largest absolute Gasteiger partial charge is 0.573 e. The van der Waals surface area contributed by atoms with E-state index in [2.05, 4.69) is 15.0 Å². The molecule has 2 aromatic carbocycles. The van der Waals surface area contributed by atoms with Gasteiger partial charge in [0, 0.05) is 23.1 Å². The van der Waals surface area contributed by atoms with E-state index in [9.17, 15) is 22.4 Å². The first-order valence-electron chi connectivity index (χ1n) is 9.41. The number of aldehydes is 1. The average Bonchev–Trinajstić information content (AvgIpc) is 2.71. The van der Waals surface area contributed by atoms with E-state index >= 15 is 0 Å². The molecule has 0 atom stereocenters. The van der Waals surface area contributed by atoms with Gasteiger partial charge in [-0.25, -0.2) is 4.39 Å². The Morgan fingerprint density at radius 1 is 1.13 bits per heavy atom. The lowest BCUT2D eigenvalue weighted by Gasteiger charge is -2.11. The molecule has 0 spiro atoms. The van der Waals surface area contributed by atoms with Crippen molar-refractivity contribution in [2.45, 2.75) is 33.6 Å². The summed E-state index contributed by atoms with van der Waals surface area (Å²) in [5.74, 6) is -0.951. The fraction of sp³-hybridized carbons (Fsp3) is 0.217. The molecule has 164 valence electrons. The van der Waals surface area contributed by atoms with Gasteiger partial charge < -0.3 is 10.1 Å². The monoisotopic (exact) mass is 434 g/mol. The van der Waals surface area contributed by atoms with Crippen LogP contribution in [0.15, 0.2) is 71.0 Å². The number of benzene rings is 2. The highest BCUT2D eigenvalue weighted by atomic mass is 19.4. The van der Waals surface area contributed by atoms with Crippen molar-refractivity contribution in [1.82, 2.24) is 0 Å². The van der Waals surface area contributed by atoms with Crippen LogP contribution in [0, 0.1) is 5.82 Å². The molecule has 8 heteroatoms. The van der Waals surface area contributed by atoms with Crippen LogP contribution >= 0.6 is 0 Å². The van der Waals surface area contributed by atoms with Crippen molar-refractivity contribution < 1.29 is 27.1 Å². The highest BCUT2D eigenvalue weighted by Gasteiger charge is 2.30. The predicted molar refractivity (Wildman–Crippen MR) is 113 cm³/mol. The molecular weight excluding hydrogens is 412 g/mol. The topological polar surface area (TPSA) is 50.7 Å². The van der Waals surface area contributed by atoms with Gasteiger partial charge in [0.15, 0.2) is 6.29 Å². The van der Waals surface area contributed by atoms with E-state index in [1.807, 2.05) is 13.8 Å². The molecule has 0 unspecified atom stereocenters. The quantitative estimate of drug-likeness (QED) is 0.287. The van der Waals surface area contributed by atoms with E-state index in [1.165, 1.54) is 42.5 Å². The highest BCUT2D eigenvalue weighted by Crippen LogP contribution is 2.24. The lowest BCUT2D eigenvalue weighted by molar-refractivity contribution is -0.274. The zero-order valence-corrected chi connectivity index (χ0v) is 17.3. The van der Waals surface area contributed by atoms with Crippen molar-refractivity contribution in [2.24, 2.45) is 4.99 Å². The van der Waals surface area contributed by atoms with Crippen molar-refractivity contribution in [3.63, 3.8) is 0 Å². The minimum atomic E-state index is -4.75. The maximum atomic E-state index is 13.7. The molecule has 0 saturated carbocycles. The Labute approximate surface area is 178 Å². The van der Waals surface area contributed by atoms with Crippen LogP contribution in [0.1, 0.15) is 43.1 Å². The standard InChI is InChI=1S/C23H22F4N2O2/c1-4-15(2)13-28-22(17-5-10-21(24)18(12-17)14-30)11-16(3)29-19-6-8-20(9-7-19)31-23(25,26)27/h5-14,29H,4H2,1-3H3/b15-13+,16-11+,28-22+. The van der Waals surface area contributed by atoms with Gasteiger partial charge in [-0.2, -0.15) is 0 Å². The second-order valence-electron chi connectivity index (χ2n) is 6.72. The number of nitrogens with one attached hydrogen (secondary N) is 1. The van der Waals surface area contributed by atoms with Crippen molar-refractivity contribution >= 4 is 17.7 Å². The second kappa shape index (κ2) is 10.6. The van der Waals surface area contributed by atoms with Gasteiger partial charge in [0.2, 0.25) is 0 Å². The summed E-state index contributed by atoms with van der Waals surface area (Å²) in [4.78, 5) is 15.6. The first kappa shape index (κ1) is 23.9. The molecule has 0 fully saturated rings. The van der Waals surface area contributed by atoms with Crippen LogP contribution in [0.25, 0.3) is 0 Å². The molecule has 4 nitrogen and oxygen atoms in total. The number of rotatable bonds is 8. The first-order valence-corrected chi connectivity index (χ1v) is 9.41. The third-order valence-corrected chi connectivity index (χ3v) is 4.18. The SMILES string of the molecule is CC/C(C)=C/N=C(\C=C(/C)Nc1ccc(OC(F)(F)F)cc1)c1ccc(F)c(C=O)c1. The molecule has 31 heavy (non-hydrogen) atoms. The number of carbonyl (C=O) groups excluding carboxylic acids is 1. The van der Waals surface area contributed by atoms with Crippen LogP contribution in [0.5, 0.6) is 5.75 Å². The minimum absolute atomic E-state index is 0.0827. The normalized spacial score (nSPS) is 13.2. The van der Waals surface area contributed by atoms with E-state index in [4.69, 9.17) is 0 Å². The van der Waals surface area contributed by atoms with Gasteiger partial charge >= 0.3 is 6.36 Å². The zero-order valence-electron chi connectivity index (χ0n) is 17.3. The number of ether oxygens (including phenoxy) is 1. The van der Waals surface area contributed by atoms with Crippen molar-refractivity contribution in [3.05, 3.63) is 83.0 Å². The summed E-state index contributed by atoms with van der Waals surface area (Å²) in [5, 5.41) is 3.05. The van der Waals surface area contributed by atoms with Gasteiger partial charge in [-0.1, -0.05) is 12.5 Å². The molecule has 0 saturated heterocycles. The summed E-state index contributed by atoms with van der Waals surface area (Å²) < 4.78 is 54.4. The van der Waals surface area contributed by atoms with Crippen LogP contribution < -0.4 is 10.1 Å². The van der Waals surface area contributed by atoms with Gasteiger partial charge in [-0.15, -0.1) is 13.2 Å². The van der Waals surface area contributed by atoms with E-state index in [-0.39, 0.29) is 11.3 Å². The predicted octanol–water partition coefficient (Wildman–Crippen LogP) is 6.66. The fourth-order valence-corrected chi connectivity index (χ4v) is 2.47. The Kier molecular flexibility index (Phi) is 8.13. The fourth-order valence-electron chi connectivity index (χ4n) is 2.47. The molecule has 0 amide bonds. The first-order chi connectivity index (χ1) is 14.6. The molecule has 2 rings (SSSR count).